The van der Waals surface area contributed by atoms with Gasteiger partial charge in [-0.2, -0.15) is 0 Å². The van der Waals surface area contributed by atoms with E-state index in [1.165, 1.54) is 12.8 Å². The Morgan fingerprint density at radius 2 is 2.11 bits per heavy atom. The van der Waals surface area contributed by atoms with E-state index in [-0.39, 0.29) is 11.9 Å². The van der Waals surface area contributed by atoms with E-state index in [0.717, 1.165) is 12.8 Å². The van der Waals surface area contributed by atoms with E-state index < -0.39 is 0 Å². The van der Waals surface area contributed by atoms with Gasteiger partial charge in [-0.25, -0.2) is 10.8 Å². The zero-order chi connectivity index (χ0) is 13.5. The molecule has 0 heterocycles. The Bertz CT molecular complexity index is 299. The van der Waals surface area contributed by atoms with Gasteiger partial charge < -0.3 is 10.2 Å². The third-order valence-corrected chi connectivity index (χ3v) is 3.35. The number of amides is 1. The fraction of sp³-hybridized carbons (Fsp3) is 0.833. The molecule has 0 aliphatic heterocycles. The number of hydrazine groups is 1. The molecule has 0 bridgehead atoms. The van der Waals surface area contributed by atoms with Crippen molar-refractivity contribution < 1.29 is 4.79 Å². The molecule has 1 amide bonds. The van der Waals surface area contributed by atoms with Crippen molar-refractivity contribution in [3.8, 4) is 0 Å². The molecule has 0 aromatic rings. The van der Waals surface area contributed by atoms with Crippen molar-refractivity contribution in [3.05, 3.63) is 0 Å². The first-order valence-electron chi connectivity index (χ1n) is 6.64. The number of rotatable bonds is 4. The number of carbonyl (C=O) groups excluding carboxylic acids is 1. The summed E-state index contributed by atoms with van der Waals surface area (Å²) in [6.45, 7) is 4.45. The Hall–Kier alpha value is -1.30. The molecule has 0 aromatic heterocycles. The van der Waals surface area contributed by atoms with Gasteiger partial charge in [-0.05, 0) is 26.7 Å². The number of hydrogen-bond donors (Lipinski definition) is 3. The van der Waals surface area contributed by atoms with Gasteiger partial charge in [0.2, 0.25) is 11.9 Å². The van der Waals surface area contributed by atoms with E-state index in [4.69, 9.17) is 5.84 Å². The van der Waals surface area contributed by atoms with Crippen LogP contribution >= 0.6 is 0 Å². The van der Waals surface area contributed by atoms with Gasteiger partial charge in [0.05, 0.1) is 6.04 Å². The van der Waals surface area contributed by atoms with Crippen LogP contribution in [0.15, 0.2) is 4.99 Å². The highest BCUT2D eigenvalue weighted by atomic mass is 16.2. The Balaban J connectivity index is 2.53. The van der Waals surface area contributed by atoms with Gasteiger partial charge in [0, 0.05) is 13.6 Å². The molecule has 1 unspecified atom stereocenters. The number of nitrogens with two attached hydrogens (primary N) is 1. The third-order valence-electron chi connectivity index (χ3n) is 3.35. The molecule has 4 N–H and O–H groups in total. The summed E-state index contributed by atoms with van der Waals surface area (Å²) < 4.78 is 0. The van der Waals surface area contributed by atoms with Crippen molar-refractivity contribution in [2.45, 2.75) is 51.6 Å². The van der Waals surface area contributed by atoms with E-state index in [9.17, 15) is 4.79 Å². The maximum absolute atomic E-state index is 11.9. The molecule has 1 saturated carbocycles. The molecule has 1 aliphatic rings. The van der Waals surface area contributed by atoms with Gasteiger partial charge in [-0.3, -0.25) is 10.2 Å². The second-order valence-electron chi connectivity index (χ2n) is 4.78. The van der Waals surface area contributed by atoms with Crippen LogP contribution in [0.1, 0.15) is 39.5 Å². The molecule has 104 valence electrons. The summed E-state index contributed by atoms with van der Waals surface area (Å²) in [4.78, 5) is 18.1. The third kappa shape index (κ3) is 4.18. The minimum atomic E-state index is -0.328. The summed E-state index contributed by atoms with van der Waals surface area (Å²) in [5.41, 5.74) is 2.54. The largest absolute Gasteiger partial charge is 0.344 e. The van der Waals surface area contributed by atoms with Gasteiger partial charge >= 0.3 is 0 Å². The molecule has 1 atom stereocenters. The number of guanidine groups is 1. The molecule has 0 radical (unpaired) electrons. The lowest BCUT2D eigenvalue weighted by Crippen LogP contribution is -2.51. The highest BCUT2D eigenvalue weighted by Crippen LogP contribution is 2.20. The molecule has 1 fully saturated rings. The van der Waals surface area contributed by atoms with Gasteiger partial charge in [0.15, 0.2) is 0 Å². The van der Waals surface area contributed by atoms with Crippen molar-refractivity contribution in [2.24, 2.45) is 10.8 Å². The highest BCUT2D eigenvalue weighted by Gasteiger charge is 2.19. The first-order valence-corrected chi connectivity index (χ1v) is 6.64. The Kier molecular flexibility index (Phi) is 5.91. The second-order valence-corrected chi connectivity index (χ2v) is 4.78. The van der Waals surface area contributed by atoms with Crippen molar-refractivity contribution in [1.29, 1.82) is 0 Å². The average Bonchev–Trinajstić information content (AvgIpc) is 2.88. The number of hydrogen-bond acceptors (Lipinski definition) is 3. The molecule has 6 heteroatoms. The fourth-order valence-corrected chi connectivity index (χ4v) is 2.09. The summed E-state index contributed by atoms with van der Waals surface area (Å²) in [5, 5.41) is 3.03. The van der Waals surface area contributed by atoms with E-state index in [1.54, 1.807) is 11.9 Å². The lowest BCUT2D eigenvalue weighted by Gasteiger charge is -2.22. The van der Waals surface area contributed by atoms with Gasteiger partial charge in [0.1, 0.15) is 6.04 Å². The van der Waals surface area contributed by atoms with Crippen molar-refractivity contribution in [1.82, 2.24) is 15.6 Å². The normalized spacial score (nSPS) is 18.6. The summed E-state index contributed by atoms with van der Waals surface area (Å²) in [6, 6.07) is 0.000842. The average molecular weight is 255 g/mol. The van der Waals surface area contributed by atoms with Gasteiger partial charge in [-0.15, -0.1) is 0 Å². The zero-order valence-electron chi connectivity index (χ0n) is 11.6. The number of nitrogens with zero attached hydrogens (tertiary/aromatic N) is 2. The zero-order valence-corrected chi connectivity index (χ0v) is 11.6. The number of carbonyl (C=O) groups is 1. The second kappa shape index (κ2) is 7.20. The molecule has 18 heavy (non-hydrogen) atoms. The van der Waals surface area contributed by atoms with E-state index >= 15 is 0 Å². The van der Waals surface area contributed by atoms with Crippen LogP contribution in [0.4, 0.5) is 0 Å². The lowest BCUT2D eigenvalue weighted by molar-refractivity contribution is -0.131. The number of likely N-dealkylation sites (N-methyl/N-ethyl adjacent to an activating group) is 1. The minimum absolute atomic E-state index is 0.0341. The monoisotopic (exact) mass is 255 g/mol. The van der Waals surface area contributed by atoms with Crippen LogP contribution in [-0.4, -0.2) is 42.4 Å². The van der Waals surface area contributed by atoms with Crippen LogP contribution in [0.25, 0.3) is 0 Å². The fourth-order valence-electron chi connectivity index (χ4n) is 2.09. The summed E-state index contributed by atoms with van der Waals surface area (Å²) >= 11 is 0. The molecular formula is C12H25N5O. The SMILES string of the molecule is CCN(C)C(=O)C(C)NC(=NC1CCCC1)NN. The first kappa shape index (κ1) is 14.8. The van der Waals surface area contributed by atoms with E-state index in [1.807, 2.05) is 13.8 Å². The summed E-state index contributed by atoms with van der Waals surface area (Å²) in [7, 11) is 1.78. The molecule has 0 aromatic carbocycles. The predicted molar refractivity (Wildman–Crippen MR) is 72.9 cm³/mol. The van der Waals surface area contributed by atoms with Crippen LogP contribution in [0.5, 0.6) is 0 Å². The van der Waals surface area contributed by atoms with Crippen molar-refractivity contribution in [2.75, 3.05) is 13.6 Å². The van der Waals surface area contributed by atoms with Crippen molar-refractivity contribution >= 4 is 11.9 Å². The van der Waals surface area contributed by atoms with Crippen molar-refractivity contribution in [3.63, 3.8) is 0 Å². The van der Waals surface area contributed by atoms with Crippen LogP contribution in [0.2, 0.25) is 0 Å². The van der Waals surface area contributed by atoms with Gasteiger partial charge in [-0.1, -0.05) is 12.8 Å². The maximum atomic E-state index is 11.9. The molecule has 6 nitrogen and oxygen atoms in total. The first-order chi connectivity index (χ1) is 8.58. The smallest absolute Gasteiger partial charge is 0.244 e. The topological polar surface area (TPSA) is 82.8 Å². The highest BCUT2D eigenvalue weighted by molar-refractivity contribution is 5.88. The predicted octanol–water partition coefficient (Wildman–Crippen LogP) is 0.205. The minimum Gasteiger partial charge on any atom is -0.344 e. The van der Waals surface area contributed by atoms with Gasteiger partial charge in [0.25, 0.3) is 0 Å². The molecule has 0 spiro atoms. The van der Waals surface area contributed by atoms with Crippen LogP contribution in [0.3, 0.4) is 0 Å². The lowest BCUT2D eigenvalue weighted by atomic mass is 10.2. The Morgan fingerprint density at radius 1 is 1.50 bits per heavy atom. The quantitative estimate of drug-likeness (QED) is 0.290. The van der Waals surface area contributed by atoms with Crippen LogP contribution < -0.4 is 16.6 Å². The molecular weight excluding hydrogens is 230 g/mol. The standard InChI is InChI=1S/C12H25N5O/c1-4-17(3)11(18)9(2)14-12(16-13)15-10-7-5-6-8-10/h9-10H,4-8,13H2,1-3H3,(H2,14,15,16). The van der Waals surface area contributed by atoms with Crippen LogP contribution in [0, 0.1) is 0 Å². The maximum Gasteiger partial charge on any atom is 0.244 e. The Morgan fingerprint density at radius 3 is 2.61 bits per heavy atom. The van der Waals surface area contributed by atoms with E-state index in [0.29, 0.717) is 18.5 Å². The van der Waals surface area contributed by atoms with Crippen LogP contribution in [-0.2, 0) is 4.79 Å². The molecule has 1 aliphatic carbocycles. The Labute approximate surface area is 109 Å². The summed E-state index contributed by atoms with van der Waals surface area (Å²) in [6.07, 6.45) is 4.65. The number of nitrogens with one attached hydrogen (secondary N) is 2. The van der Waals surface area contributed by atoms with E-state index in [2.05, 4.69) is 15.7 Å². The summed E-state index contributed by atoms with van der Waals surface area (Å²) in [5.74, 6) is 5.98. The molecule has 0 saturated heterocycles. The number of aliphatic imine (C=N–C) groups is 1. The molecule has 1 rings (SSSR count).